The minimum atomic E-state index is -0.0401. The number of carbonyl (C=O) groups is 1. The van der Waals surface area contributed by atoms with Gasteiger partial charge in [0.2, 0.25) is 5.91 Å². The van der Waals surface area contributed by atoms with E-state index < -0.39 is 0 Å². The van der Waals surface area contributed by atoms with E-state index in [1.807, 2.05) is 0 Å². The molecular formula is C9H15N5O. The molecule has 0 saturated carbocycles. The zero-order valence-electron chi connectivity index (χ0n) is 8.49. The van der Waals surface area contributed by atoms with Crippen molar-refractivity contribution in [1.82, 2.24) is 25.8 Å². The van der Waals surface area contributed by atoms with Gasteiger partial charge < -0.3 is 10.6 Å². The molecule has 0 spiro atoms. The smallest absolute Gasteiger partial charge is 0.237 e. The average Bonchev–Trinajstić information content (AvgIpc) is 2.80. The number of aromatic amines is 1. The Kier molecular flexibility index (Phi) is 3.29. The van der Waals surface area contributed by atoms with Crippen molar-refractivity contribution in [2.75, 3.05) is 6.54 Å². The third kappa shape index (κ3) is 2.76. The van der Waals surface area contributed by atoms with E-state index in [1.54, 1.807) is 0 Å². The lowest BCUT2D eigenvalue weighted by atomic mass is 10.0. The number of carbonyl (C=O) groups excluding carboxylic acids is 1. The summed E-state index contributed by atoms with van der Waals surface area (Å²) in [5, 5.41) is 12.4. The Morgan fingerprint density at radius 3 is 3.20 bits per heavy atom. The predicted molar refractivity (Wildman–Crippen MR) is 53.9 cm³/mol. The molecule has 0 radical (unpaired) electrons. The summed E-state index contributed by atoms with van der Waals surface area (Å²) in [5.74, 6) is 0.727. The van der Waals surface area contributed by atoms with Crippen molar-refractivity contribution in [2.45, 2.75) is 31.8 Å². The summed E-state index contributed by atoms with van der Waals surface area (Å²) in [6, 6.07) is -0.0401. The van der Waals surface area contributed by atoms with Gasteiger partial charge in [0.05, 0.1) is 12.6 Å². The van der Waals surface area contributed by atoms with Gasteiger partial charge in [-0.1, -0.05) is 6.42 Å². The molecule has 1 fully saturated rings. The van der Waals surface area contributed by atoms with E-state index in [0.29, 0.717) is 12.4 Å². The molecule has 2 rings (SSSR count). The number of aromatic nitrogens is 3. The number of amides is 1. The van der Waals surface area contributed by atoms with E-state index in [4.69, 9.17) is 0 Å². The van der Waals surface area contributed by atoms with Crippen molar-refractivity contribution in [3.05, 3.63) is 12.2 Å². The van der Waals surface area contributed by atoms with Gasteiger partial charge >= 0.3 is 0 Å². The first-order valence-electron chi connectivity index (χ1n) is 5.21. The lowest BCUT2D eigenvalue weighted by molar-refractivity contribution is -0.123. The summed E-state index contributed by atoms with van der Waals surface area (Å²) < 4.78 is 0. The van der Waals surface area contributed by atoms with E-state index in [2.05, 4.69) is 25.8 Å². The molecule has 0 aromatic carbocycles. The highest BCUT2D eigenvalue weighted by atomic mass is 16.2. The minimum absolute atomic E-state index is 0.0401. The molecular weight excluding hydrogens is 194 g/mol. The molecule has 1 aromatic heterocycles. The molecule has 1 aromatic rings. The van der Waals surface area contributed by atoms with Crippen molar-refractivity contribution >= 4 is 5.91 Å². The number of nitrogens with zero attached hydrogens (tertiary/aromatic N) is 2. The number of piperidine rings is 1. The fraction of sp³-hybridized carbons (Fsp3) is 0.667. The van der Waals surface area contributed by atoms with E-state index in [0.717, 1.165) is 25.8 Å². The average molecular weight is 209 g/mol. The second kappa shape index (κ2) is 4.88. The zero-order valence-corrected chi connectivity index (χ0v) is 8.49. The Hall–Kier alpha value is -1.43. The Bertz CT molecular complexity index is 304. The maximum absolute atomic E-state index is 11.7. The van der Waals surface area contributed by atoms with Gasteiger partial charge in [-0.15, -0.1) is 0 Å². The Morgan fingerprint density at radius 2 is 2.53 bits per heavy atom. The molecule has 6 heteroatoms. The van der Waals surface area contributed by atoms with Gasteiger partial charge in [0.1, 0.15) is 12.2 Å². The van der Waals surface area contributed by atoms with E-state index >= 15 is 0 Å². The second-order valence-corrected chi connectivity index (χ2v) is 3.65. The van der Waals surface area contributed by atoms with E-state index in [-0.39, 0.29) is 11.9 Å². The van der Waals surface area contributed by atoms with Gasteiger partial charge in [-0.05, 0) is 19.4 Å². The summed E-state index contributed by atoms with van der Waals surface area (Å²) in [7, 11) is 0. The monoisotopic (exact) mass is 209 g/mol. The number of H-pyrrole nitrogens is 1. The SMILES string of the molecule is O=C(NCc1ncn[nH]1)C1CCCCN1. The van der Waals surface area contributed by atoms with Crippen LogP contribution in [0.4, 0.5) is 0 Å². The Morgan fingerprint density at radius 1 is 1.60 bits per heavy atom. The van der Waals surface area contributed by atoms with Crippen LogP contribution in [0.2, 0.25) is 0 Å². The molecule has 1 amide bonds. The molecule has 82 valence electrons. The van der Waals surface area contributed by atoms with Crippen LogP contribution in [-0.2, 0) is 11.3 Å². The van der Waals surface area contributed by atoms with Crippen LogP contribution in [-0.4, -0.2) is 33.7 Å². The molecule has 15 heavy (non-hydrogen) atoms. The lowest BCUT2D eigenvalue weighted by Crippen LogP contribution is -2.46. The lowest BCUT2D eigenvalue weighted by Gasteiger charge is -2.22. The van der Waals surface area contributed by atoms with Crippen LogP contribution >= 0.6 is 0 Å². The number of hydrogen-bond acceptors (Lipinski definition) is 4. The van der Waals surface area contributed by atoms with Crippen LogP contribution in [0.3, 0.4) is 0 Å². The molecule has 6 nitrogen and oxygen atoms in total. The first-order chi connectivity index (χ1) is 7.36. The van der Waals surface area contributed by atoms with Gasteiger partial charge in [0.15, 0.2) is 0 Å². The standard InChI is InChI=1S/C9H15N5O/c15-9(7-3-1-2-4-10-7)11-5-8-12-6-13-14-8/h6-7,10H,1-5H2,(H,11,15)(H,12,13,14). The maximum atomic E-state index is 11.7. The largest absolute Gasteiger partial charge is 0.347 e. The number of hydrogen-bond donors (Lipinski definition) is 3. The van der Waals surface area contributed by atoms with Crippen molar-refractivity contribution < 1.29 is 4.79 Å². The normalized spacial score (nSPS) is 21.2. The highest BCUT2D eigenvalue weighted by Crippen LogP contribution is 2.06. The first kappa shape index (κ1) is 10.1. The third-order valence-electron chi connectivity index (χ3n) is 2.52. The molecule has 1 atom stereocenters. The van der Waals surface area contributed by atoms with Crippen LogP contribution in [0.15, 0.2) is 6.33 Å². The summed E-state index contributed by atoms with van der Waals surface area (Å²) >= 11 is 0. The third-order valence-corrected chi connectivity index (χ3v) is 2.52. The van der Waals surface area contributed by atoms with E-state index in [1.165, 1.54) is 6.33 Å². The zero-order chi connectivity index (χ0) is 10.5. The summed E-state index contributed by atoms with van der Waals surface area (Å²) in [6.45, 7) is 1.34. The molecule has 1 aliphatic rings. The highest BCUT2D eigenvalue weighted by Gasteiger charge is 2.19. The van der Waals surface area contributed by atoms with E-state index in [9.17, 15) is 4.79 Å². The van der Waals surface area contributed by atoms with Crippen molar-refractivity contribution in [2.24, 2.45) is 0 Å². The van der Waals surface area contributed by atoms with Crippen LogP contribution in [0, 0.1) is 0 Å². The number of nitrogens with one attached hydrogen (secondary N) is 3. The second-order valence-electron chi connectivity index (χ2n) is 3.65. The molecule has 1 aliphatic heterocycles. The maximum Gasteiger partial charge on any atom is 0.237 e. The number of rotatable bonds is 3. The van der Waals surface area contributed by atoms with Crippen LogP contribution in [0.25, 0.3) is 0 Å². The summed E-state index contributed by atoms with van der Waals surface area (Å²) in [6.07, 6.45) is 4.63. The minimum Gasteiger partial charge on any atom is -0.347 e. The highest BCUT2D eigenvalue weighted by molar-refractivity contribution is 5.81. The fourth-order valence-corrected chi connectivity index (χ4v) is 1.69. The molecule has 2 heterocycles. The fourth-order valence-electron chi connectivity index (χ4n) is 1.69. The van der Waals surface area contributed by atoms with Gasteiger partial charge in [0, 0.05) is 0 Å². The summed E-state index contributed by atoms with van der Waals surface area (Å²) in [5.41, 5.74) is 0. The quantitative estimate of drug-likeness (QED) is 0.630. The Labute approximate surface area is 87.9 Å². The first-order valence-corrected chi connectivity index (χ1v) is 5.21. The van der Waals surface area contributed by atoms with Crippen LogP contribution in [0.5, 0.6) is 0 Å². The van der Waals surface area contributed by atoms with Crippen molar-refractivity contribution in [3.8, 4) is 0 Å². The van der Waals surface area contributed by atoms with Gasteiger partial charge in [0.25, 0.3) is 0 Å². The van der Waals surface area contributed by atoms with Gasteiger partial charge in [-0.2, -0.15) is 5.10 Å². The molecule has 1 unspecified atom stereocenters. The molecule has 3 N–H and O–H groups in total. The molecule has 0 aliphatic carbocycles. The van der Waals surface area contributed by atoms with Crippen LogP contribution < -0.4 is 10.6 Å². The van der Waals surface area contributed by atoms with Gasteiger partial charge in [-0.3, -0.25) is 9.89 Å². The van der Waals surface area contributed by atoms with Crippen molar-refractivity contribution in [1.29, 1.82) is 0 Å². The predicted octanol–water partition coefficient (Wildman–Crippen LogP) is -0.437. The van der Waals surface area contributed by atoms with Gasteiger partial charge in [-0.25, -0.2) is 4.98 Å². The summed E-state index contributed by atoms with van der Waals surface area (Å²) in [4.78, 5) is 15.6. The Balaban J connectivity index is 1.76. The molecule has 1 saturated heterocycles. The van der Waals surface area contributed by atoms with Crippen LogP contribution in [0.1, 0.15) is 25.1 Å². The van der Waals surface area contributed by atoms with Crippen molar-refractivity contribution in [3.63, 3.8) is 0 Å². The topological polar surface area (TPSA) is 82.7 Å². The molecule has 0 bridgehead atoms.